The van der Waals surface area contributed by atoms with Gasteiger partial charge in [0.1, 0.15) is 11.2 Å². The molecule has 0 fully saturated rings. The number of hydrogen-bond acceptors (Lipinski definition) is 2. The van der Waals surface area contributed by atoms with Crippen LogP contribution in [-0.4, -0.2) is 4.57 Å². The first kappa shape index (κ1) is 27.5. The lowest BCUT2D eigenvalue weighted by atomic mass is 10.0. The number of rotatable bonds is 5. The summed E-state index contributed by atoms with van der Waals surface area (Å²) >= 11 is 0. The summed E-state index contributed by atoms with van der Waals surface area (Å²) in [6.07, 6.45) is 0. The van der Waals surface area contributed by atoms with E-state index in [1.54, 1.807) is 0 Å². The number of para-hydroxylation sites is 2. The zero-order valence-corrected chi connectivity index (χ0v) is 26.6. The first-order valence-corrected chi connectivity index (χ1v) is 16.7. The van der Waals surface area contributed by atoms with Crippen LogP contribution in [-0.2, 0) is 0 Å². The lowest BCUT2D eigenvalue weighted by molar-refractivity contribution is 0.669. The van der Waals surface area contributed by atoms with Crippen LogP contribution in [0.25, 0.3) is 71.3 Å². The van der Waals surface area contributed by atoms with Crippen molar-refractivity contribution in [3.05, 3.63) is 182 Å². The maximum absolute atomic E-state index is 6.23. The van der Waals surface area contributed by atoms with Crippen molar-refractivity contribution in [2.24, 2.45) is 0 Å². The Morgan fingerprint density at radius 2 is 1.00 bits per heavy atom. The minimum absolute atomic E-state index is 0.885. The van der Waals surface area contributed by atoms with Crippen molar-refractivity contribution in [1.82, 2.24) is 4.57 Å². The van der Waals surface area contributed by atoms with Crippen LogP contribution in [0.4, 0.5) is 17.1 Å². The standard InChI is InChI=1S/C46H30N2O/c1-3-11-31(12-4-1)32-19-22-35(23-20-32)47(36-25-28-45-42(29-36)40-17-9-10-18-44(40)49-45)37-24-27-39-41-26-21-33-13-7-8-16-38(33)46(41)48(43(39)30-37)34-14-5-2-6-15-34/h1-30H. The summed E-state index contributed by atoms with van der Waals surface area (Å²) in [5.74, 6) is 0. The minimum atomic E-state index is 0.885. The molecule has 0 aliphatic rings. The molecule has 0 saturated heterocycles. The van der Waals surface area contributed by atoms with E-state index in [1.165, 1.54) is 38.2 Å². The number of aromatic nitrogens is 1. The molecular weight excluding hydrogens is 597 g/mol. The molecule has 10 rings (SSSR count). The van der Waals surface area contributed by atoms with Crippen LogP contribution < -0.4 is 4.90 Å². The van der Waals surface area contributed by atoms with Crippen molar-refractivity contribution < 1.29 is 4.42 Å². The summed E-state index contributed by atoms with van der Waals surface area (Å²) in [6.45, 7) is 0. The monoisotopic (exact) mass is 626 g/mol. The Labute approximate surface area is 283 Å². The Hall–Kier alpha value is -6.58. The molecule has 0 radical (unpaired) electrons. The second-order valence-corrected chi connectivity index (χ2v) is 12.6. The fourth-order valence-electron chi connectivity index (χ4n) is 7.48. The number of fused-ring (bicyclic) bond motifs is 8. The zero-order chi connectivity index (χ0) is 32.3. The average molecular weight is 627 g/mol. The van der Waals surface area contributed by atoms with Crippen LogP contribution in [0.3, 0.4) is 0 Å². The van der Waals surface area contributed by atoms with Crippen LogP contribution in [0.5, 0.6) is 0 Å². The Balaban J connectivity index is 1.23. The van der Waals surface area contributed by atoms with Gasteiger partial charge in [0.2, 0.25) is 0 Å². The second kappa shape index (κ2) is 11.0. The number of benzene rings is 8. The highest BCUT2D eigenvalue weighted by Gasteiger charge is 2.20. The molecule has 8 aromatic carbocycles. The molecule has 0 aliphatic heterocycles. The van der Waals surface area contributed by atoms with Gasteiger partial charge in [-0.15, -0.1) is 0 Å². The van der Waals surface area contributed by atoms with Crippen molar-refractivity contribution in [2.75, 3.05) is 4.90 Å². The van der Waals surface area contributed by atoms with Gasteiger partial charge >= 0.3 is 0 Å². The first-order valence-electron chi connectivity index (χ1n) is 16.7. The van der Waals surface area contributed by atoms with Crippen LogP contribution in [0.2, 0.25) is 0 Å². The predicted molar refractivity (Wildman–Crippen MR) is 206 cm³/mol. The Kier molecular flexibility index (Phi) is 6.18. The molecule has 10 aromatic rings. The van der Waals surface area contributed by atoms with Gasteiger partial charge in [-0.2, -0.15) is 0 Å². The van der Waals surface area contributed by atoms with E-state index < -0.39 is 0 Å². The Morgan fingerprint density at radius 3 is 1.84 bits per heavy atom. The molecule has 2 aromatic heterocycles. The molecule has 0 atom stereocenters. The molecule has 49 heavy (non-hydrogen) atoms. The summed E-state index contributed by atoms with van der Waals surface area (Å²) in [5.41, 5.74) is 10.9. The Morgan fingerprint density at radius 1 is 0.388 bits per heavy atom. The normalized spacial score (nSPS) is 11.7. The maximum atomic E-state index is 6.23. The third kappa shape index (κ3) is 4.44. The number of hydrogen-bond donors (Lipinski definition) is 0. The lowest BCUT2D eigenvalue weighted by Gasteiger charge is -2.26. The molecule has 2 heterocycles. The molecule has 0 unspecified atom stereocenters. The van der Waals surface area contributed by atoms with Gasteiger partial charge in [-0.25, -0.2) is 0 Å². The van der Waals surface area contributed by atoms with E-state index in [2.05, 4.69) is 179 Å². The van der Waals surface area contributed by atoms with Gasteiger partial charge in [0.15, 0.2) is 0 Å². The molecule has 230 valence electrons. The van der Waals surface area contributed by atoms with E-state index in [9.17, 15) is 0 Å². The topological polar surface area (TPSA) is 21.3 Å². The van der Waals surface area contributed by atoms with Crippen molar-refractivity contribution in [3.8, 4) is 16.8 Å². The smallest absolute Gasteiger partial charge is 0.135 e. The first-order chi connectivity index (χ1) is 24.3. The van der Waals surface area contributed by atoms with Gasteiger partial charge in [-0.1, -0.05) is 121 Å². The third-order valence-corrected chi connectivity index (χ3v) is 9.76. The van der Waals surface area contributed by atoms with Gasteiger partial charge in [0.05, 0.1) is 11.0 Å². The van der Waals surface area contributed by atoms with Crippen molar-refractivity contribution >= 4 is 71.6 Å². The molecular formula is C46H30N2O. The van der Waals surface area contributed by atoms with E-state index in [4.69, 9.17) is 4.42 Å². The van der Waals surface area contributed by atoms with Crippen molar-refractivity contribution in [1.29, 1.82) is 0 Å². The molecule has 0 saturated carbocycles. The second-order valence-electron chi connectivity index (χ2n) is 12.6. The number of anilines is 3. The molecule has 3 heteroatoms. The highest BCUT2D eigenvalue weighted by Crippen LogP contribution is 2.43. The van der Waals surface area contributed by atoms with Crippen molar-refractivity contribution in [2.45, 2.75) is 0 Å². The molecule has 0 N–H and O–H groups in total. The molecule has 0 bridgehead atoms. The van der Waals surface area contributed by atoms with Crippen molar-refractivity contribution in [3.63, 3.8) is 0 Å². The van der Waals surface area contributed by atoms with Gasteiger partial charge in [-0.3, -0.25) is 0 Å². The molecule has 0 spiro atoms. The largest absolute Gasteiger partial charge is 0.456 e. The molecule has 0 aliphatic carbocycles. The van der Waals surface area contributed by atoms with Crippen LogP contribution in [0, 0.1) is 0 Å². The van der Waals surface area contributed by atoms with Crippen LogP contribution >= 0.6 is 0 Å². The van der Waals surface area contributed by atoms with E-state index in [-0.39, 0.29) is 0 Å². The minimum Gasteiger partial charge on any atom is -0.456 e. The summed E-state index contributed by atoms with van der Waals surface area (Å²) in [4.78, 5) is 2.36. The number of nitrogens with zero attached hydrogens (tertiary/aromatic N) is 2. The van der Waals surface area contributed by atoms with E-state index in [0.717, 1.165) is 50.2 Å². The predicted octanol–water partition coefficient (Wildman–Crippen LogP) is 13.0. The zero-order valence-electron chi connectivity index (χ0n) is 26.6. The fraction of sp³-hybridized carbons (Fsp3) is 0. The van der Waals surface area contributed by atoms with E-state index in [0.29, 0.717) is 0 Å². The molecule has 3 nitrogen and oxygen atoms in total. The maximum Gasteiger partial charge on any atom is 0.135 e. The van der Waals surface area contributed by atoms with E-state index in [1.807, 2.05) is 12.1 Å². The van der Waals surface area contributed by atoms with Gasteiger partial charge < -0.3 is 13.9 Å². The number of furan rings is 1. The van der Waals surface area contributed by atoms with Crippen LogP contribution in [0.1, 0.15) is 0 Å². The summed E-state index contributed by atoms with van der Waals surface area (Å²) in [5, 5.41) is 7.16. The SMILES string of the molecule is c1ccc(-c2ccc(N(c3ccc4oc5ccccc5c4c3)c3ccc4c5ccc6ccccc6c5n(-c5ccccc5)c4c3)cc2)cc1. The lowest BCUT2D eigenvalue weighted by Crippen LogP contribution is -2.10. The van der Waals surface area contributed by atoms with Gasteiger partial charge in [0, 0.05) is 49.7 Å². The summed E-state index contributed by atoms with van der Waals surface area (Å²) in [6, 6.07) is 65.0. The summed E-state index contributed by atoms with van der Waals surface area (Å²) in [7, 11) is 0. The third-order valence-electron chi connectivity index (χ3n) is 9.76. The van der Waals surface area contributed by atoms with Gasteiger partial charge in [0.25, 0.3) is 0 Å². The highest BCUT2D eigenvalue weighted by atomic mass is 16.3. The highest BCUT2D eigenvalue weighted by molar-refractivity contribution is 6.19. The molecule has 0 amide bonds. The Bertz CT molecular complexity index is 2810. The van der Waals surface area contributed by atoms with Gasteiger partial charge in [-0.05, 0) is 77.2 Å². The van der Waals surface area contributed by atoms with E-state index >= 15 is 0 Å². The fourth-order valence-corrected chi connectivity index (χ4v) is 7.48. The quantitative estimate of drug-likeness (QED) is 0.190. The van der Waals surface area contributed by atoms with Crippen LogP contribution in [0.15, 0.2) is 186 Å². The average Bonchev–Trinajstić information content (AvgIpc) is 3.71. The summed E-state index contributed by atoms with van der Waals surface area (Å²) < 4.78 is 8.66.